The Balaban J connectivity index is 1.93. The Hall–Kier alpha value is -2.80. The van der Waals surface area contributed by atoms with Crippen molar-refractivity contribution in [1.82, 2.24) is 9.99 Å². The fourth-order valence-corrected chi connectivity index (χ4v) is 3.32. The molecule has 0 aliphatic heterocycles. The Morgan fingerprint density at radius 3 is 2.67 bits per heavy atom. The van der Waals surface area contributed by atoms with Crippen LogP contribution >= 0.6 is 11.3 Å². The van der Waals surface area contributed by atoms with Gasteiger partial charge in [0.2, 0.25) is 4.80 Å². The van der Waals surface area contributed by atoms with Crippen molar-refractivity contribution >= 4 is 27.5 Å². The third kappa shape index (κ3) is 2.98. The Kier molecular flexibility index (Phi) is 4.52. The van der Waals surface area contributed by atoms with Gasteiger partial charge in [-0.25, -0.2) is 5.43 Å². The fraction of sp³-hybridized carbons (Fsp3) is 0.176. The predicted octanol–water partition coefficient (Wildman–Crippen LogP) is 2.50. The second-order valence-corrected chi connectivity index (χ2v) is 6.04. The van der Waals surface area contributed by atoms with Gasteiger partial charge in [-0.2, -0.15) is 0 Å². The second-order valence-electron chi connectivity index (χ2n) is 5.03. The molecule has 0 aliphatic rings. The maximum atomic E-state index is 12.4. The lowest BCUT2D eigenvalue weighted by Crippen LogP contribution is -2.23. The van der Waals surface area contributed by atoms with Crippen LogP contribution in [0, 0.1) is 0 Å². The Labute approximate surface area is 143 Å². The van der Waals surface area contributed by atoms with Gasteiger partial charge in [0, 0.05) is 7.05 Å². The monoisotopic (exact) mass is 343 g/mol. The number of nitrogens with one attached hydrogen (secondary N) is 1. The third-order valence-corrected chi connectivity index (χ3v) is 4.73. The number of methoxy groups -OCH3 is 2. The largest absolute Gasteiger partial charge is 0.497 e. The Bertz CT molecular complexity index is 959. The lowest BCUT2D eigenvalue weighted by molar-refractivity contribution is 0.0949. The molecule has 24 heavy (non-hydrogen) atoms. The van der Waals surface area contributed by atoms with E-state index in [1.54, 1.807) is 25.3 Å². The fourth-order valence-electron chi connectivity index (χ4n) is 2.34. The van der Waals surface area contributed by atoms with Gasteiger partial charge in [0.15, 0.2) is 0 Å². The van der Waals surface area contributed by atoms with Crippen LogP contribution in [0.15, 0.2) is 47.6 Å². The summed E-state index contributed by atoms with van der Waals surface area (Å²) in [6.45, 7) is 0. The zero-order valence-electron chi connectivity index (χ0n) is 13.6. The van der Waals surface area contributed by atoms with E-state index in [0.717, 1.165) is 10.2 Å². The number of ether oxygens (including phenoxy) is 2. The normalized spacial score (nSPS) is 11.5. The lowest BCUT2D eigenvalue weighted by atomic mass is 10.2. The first-order valence-corrected chi connectivity index (χ1v) is 8.06. The van der Waals surface area contributed by atoms with Gasteiger partial charge in [-0.05, 0) is 30.3 Å². The number of carbonyl (C=O) groups excluding carboxylic acids is 1. The van der Waals surface area contributed by atoms with E-state index in [9.17, 15) is 4.79 Å². The van der Waals surface area contributed by atoms with E-state index < -0.39 is 0 Å². The Morgan fingerprint density at radius 1 is 1.17 bits per heavy atom. The molecular formula is C17H17N3O3S. The van der Waals surface area contributed by atoms with Gasteiger partial charge in [-0.15, -0.1) is 5.10 Å². The average Bonchev–Trinajstić information content (AvgIpc) is 2.95. The zero-order valence-corrected chi connectivity index (χ0v) is 14.4. The summed E-state index contributed by atoms with van der Waals surface area (Å²) in [6.07, 6.45) is 0. The van der Waals surface area contributed by atoms with Gasteiger partial charge in [0.1, 0.15) is 11.5 Å². The van der Waals surface area contributed by atoms with Gasteiger partial charge in [-0.1, -0.05) is 23.5 Å². The van der Waals surface area contributed by atoms with Gasteiger partial charge >= 0.3 is 0 Å². The smallest absolute Gasteiger partial charge is 0.275 e. The molecule has 0 bridgehead atoms. The van der Waals surface area contributed by atoms with Crippen LogP contribution < -0.4 is 19.7 Å². The number of thiazole rings is 1. The van der Waals surface area contributed by atoms with Gasteiger partial charge < -0.3 is 14.0 Å². The average molecular weight is 343 g/mol. The summed E-state index contributed by atoms with van der Waals surface area (Å²) in [5, 5.41) is 4.24. The van der Waals surface area contributed by atoms with Crippen molar-refractivity contribution in [1.29, 1.82) is 0 Å². The zero-order chi connectivity index (χ0) is 17.1. The minimum Gasteiger partial charge on any atom is -0.497 e. The highest BCUT2D eigenvalue weighted by atomic mass is 32.1. The van der Waals surface area contributed by atoms with Gasteiger partial charge in [-0.3, -0.25) is 4.79 Å². The molecular weight excluding hydrogens is 326 g/mol. The SMILES string of the molecule is COc1ccc(OC)c(C(=O)N/N=c2\sc3ccccc3n2C)c1. The molecule has 0 saturated heterocycles. The molecule has 3 aromatic rings. The Morgan fingerprint density at radius 2 is 1.96 bits per heavy atom. The number of rotatable bonds is 4. The molecule has 0 aliphatic carbocycles. The lowest BCUT2D eigenvalue weighted by Gasteiger charge is -2.08. The van der Waals surface area contributed by atoms with Crippen LogP contribution in [-0.2, 0) is 7.05 Å². The van der Waals surface area contributed by atoms with Crippen LogP contribution in [-0.4, -0.2) is 24.7 Å². The molecule has 2 aromatic carbocycles. The molecule has 1 heterocycles. The number of nitrogens with zero attached hydrogens (tertiary/aromatic N) is 2. The number of hydrogen-bond donors (Lipinski definition) is 1. The molecule has 1 N–H and O–H groups in total. The molecule has 1 amide bonds. The van der Waals surface area contributed by atoms with Crippen LogP contribution in [0.2, 0.25) is 0 Å². The van der Waals surface area contributed by atoms with Crippen molar-refractivity contribution in [3.8, 4) is 11.5 Å². The molecule has 0 radical (unpaired) electrons. The minimum atomic E-state index is -0.358. The van der Waals surface area contributed by atoms with Crippen molar-refractivity contribution in [2.45, 2.75) is 0 Å². The molecule has 0 spiro atoms. The van der Waals surface area contributed by atoms with Crippen molar-refractivity contribution in [3.63, 3.8) is 0 Å². The maximum absolute atomic E-state index is 12.4. The number of para-hydroxylation sites is 1. The van der Waals surface area contributed by atoms with E-state index >= 15 is 0 Å². The van der Waals surface area contributed by atoms with Crippen molar-refractivity contribution in [2.75, 3.05) is 14.2 Å². The van der Waals surface area contributed by atoms with Crippen LogP contribution in [0.3, 0.4) is 0 Å². The number of benzene rings is 2. The van der Waals surface area contributed by atoms with E-state index in [1.165, 1.54) is 18.4 Å². The van der Waals surface area contributed by atoms with Crippen LogP contribution in [0.5, 0.6) is 11.5 Å². The molecule has 3 rings (SSSR count). The summed E-state index contributed by atoms with van der Waals surface area (Å²) in [7, 11) is 4.97. The van der Waals surface area contributed by atoms with Crippen LogP contribution in [0.1, 0.15) is 10.4 Å². The summed E-state index contributed by atoms with van der Waals surface area (Å²) < 4.78 is 13.4. The van der Waals surface area contributed by atoms with E-state index in [0.29, 0.717) is 21.9 Å². The van der Waals surface area contributed by atoms with Crippen molar-refractivity contribution in [2.24, 2.45) is 12.1 Å². The first-order valence-electron chi connectivity index (χ1n) is 7.24. The maximum Gasteiger partial charge on any atom is 0.275 e. The minimum absolute atomic E-state index is 0.358. The molecule has 0 fully saturated rings. The number of aryl methyl sites for hydroxylation is 1. The van der Waals surface area contributed by atoms with Crippen LogP contribution in [0.25, 0.3) is 10.2 Å². The number of amides is 1. The highest BCUT2D eigenvalue weighted by Gasteiger charge is 2.13. The van der Waals surface area contributed by atoms with E-state index in [2.05, 4.69) is 10.5 Å². The number of carbonyl (C=O) groups is 1. The molecule has 124 valence electrons. The molecule has 0 saturated carbocycles. The second kappa shape index (κ2) is 6.76. The van der Waals surface area contributed by atoms with Gasteiger partial charge in [0.05, 0.1) is 30.0 Å². The third-order valence-electron chi connectivity index (χ3n) is 3.62. The standard InChI is InChI=1S/C17H17N3O3S/c1-20-13-6-4-5-7-15(13)24-17(20)19-18-16(21)12-10-11(22-2)8-9-14(12)23-3/h4-10H,1-3H3,(H,18,21)/b19-17-. The topological polar surface area (TPSA) is 64.8 Å². The van der Waals surface area contributed by atoms with E-state index in [-0.39, 0.29) is 5.91 Å². The van der Waals surface area contributed by atoms with Crippen molar-refractivity contribution < 1.29 is 14.3 Å². The number of hydrogen-bond acceptors (Lipinski definition) is 5. The summed E-state index contributed by atoms with van der Waals surface area (Å²) in [5.41, 5.74) is 4.01. The molecule has 0 atom stereocenters. The quantitative estimate of drug-likeness (QED) is 0.740. The first kappa shape index (κ1) is 16.1. The van der Waals surface area contributed by atoms with E-state index in [4.69, 9.17) is 9.47 Å². The summed E-state index contributed by atoms with van der Waals surface area (Å²) in [6, 6.07) is 13.0. The predicted molar refractivity (Wildman–Crippen MR) is 93.4 cm³/mol. The summed E-state index contributed by atoms with van der Waals surface area (Å²) in [5.74, 6) is 0.681. The summed E-state index contributed by atoms with van der Waals surface area (Å²) in [4.78, 5) is 13.1. The number of fused-ring (bicyclic) bond motifs is 1. The van der Waals surface area contributed by atoms with Crippen molar-refractivity contribution in [3.05, 3.63) is 52.8 Å². The summed E-state index contributed by atoms with van der Waals surface area (Å²) >= 11 is 1.50. The molecule has 0 unspecified atom stereocenters. The molecule has 1 aromatic heterocycles. The van der Waals surface area contributed by atoms with E-state index in [1.807, 2.05) is 35.9 Å². The number of aromatic nitrogens is 1. The first-order chi connectivity index (χ1) is 11.6. The van der Waals surface area contributed by atoms with Gasteiger partial charge in [0.25, 0.3) is 5.91 Å². The highest BCUT2D eigenvalue weighted by molar-refractivity contribution is 7.16. The highest BCUT2D eigenvalue weighted by Crippen LogP contribution is 2.23. The molecule has 6 nitrogen and oxygen atoms in total. The van der Waals surface area contributed by atoms with Crippen LogP contribution in [0.4, 0.5) is 0 Å². The molecule has 7 heteroatoms.